The number of carbonyl (C=O) groups excluding carboxylic acids is 1. The topological polar surface area (TPSA) is 72.0 Å². The van der Waals surface area contributed by atoms with E-state index in [-0.39, 0.29) is 17.7 Å². The van der Waals surface area contributed by atoms with Gasteiger partial charge in [-0.3, -0.25) is 9.00 Å². The van der Waals surface area contributed by atoms with Gasteiger partial charge in [0.15, 0.2) is 0 Å². The molecular formula is C19H25N3O2S2. The summed E-state index contributed by atoms with van der Waals surface area (Å²) in [6.07, 6.45) is 4.33. The molecule has 1 fully saturated rings. The third-order valence-corrected chi connectivity index (χ3v) is 7.59. The van der Waals surface area contributed by atoms with Crippen molar-refractivity contribution >= 4 is 28.0 Å². The van der Waals surface area contributed by atoms with Gasteiger partial charge in [-0.15, -0.1) is 10.2 Å². The summed E-state index contributed by atoms with van der Waals surface area (Å²) < 4.78 is 12.6. The van der Waals surface area contributed by atoms with Gasteiger partial charge in [-0.05, 0) is 38.5 Å². The number of rotatable bonds is 6. The summed E-state index contributed by atoms with van der Waals surface area (Å²) in [5, 5.41) is 12.4. The molecule has 1 heterocycles. The average Bonchev–Trinajstić information content (AvgIpc) is 3.12. The lowest BCUT2D eigenvalue weighted by molar-refractivity contribution is -0.121. The van der Waals surface area contributed by atoms with E-state index in [1.54, 1.807) is 6.92 Å². The van der Waals surface area contributed by atoms with Gasteiger partial charge in [-0.2, -0.15) is 0 Å². The predicted molar refractivity (Wildman–Crippen MR) is 106 cm³/mol. The van der Waals surface area contributed by atoms with Gasteiger partial charge in [0.1, 0.15) is 15.3 Å². The van der Waals surface area contributed by atoms with Crippen molar-refractivity contribution in [2.75, 3.05) is 0 Å². The zero-order chi connectivity index (χ0) is 18.5. The fourth-order valence-corrected chi connectivity index (χ4v) is 5.18. The number of hydrogen-bond donors (Lipinski definition) is 1. The van der Waals surface area contributed by atoms with Gasteiger partial charge in [0.2, 0.25) is 5.91 Å². The highest BCUT2D eigenvalue weighted by atomic mass is 32.2. The lowest BCUT2D eigenvalue weighted by Crippen LogP contribution is -2.43. The van der Waals surface area contributed by atoms with E-state index < -0.39 is 16.0 Å². The summed E-state index contributed by atoms with van der Waals surface area (Å²) in [6.45, 7) is 3.98. The maximum Gasteiger partial charge on any atom is 0.235 e. The molecule has 0 aliphatic heterocycles. The SMILES string of the molecule is CC1CCC(NC(=O)[C@@H](C)[S@](=O)Cc2nnc(-c3ccccc3)s2)CC1. The van der Waals surface area contributed by atoms with Gasteiger partial charge in [0.05, 0.1) is 5.75 Å². The molecule has 7 heteroatoms. The van der Waals surface area contributed by atoms with Crippen LogP contribution < -0.4 is 5.32 Å². The van der Waals surface area contributed by atoms with Crippen LogP contribution in [0.2, 0.25) is 0 Å². The molecule has 1 saturated carbocycles. The minimum atomic E-state index is -1.30. The largest absolute Gasteiger partial charge is 0.352 e. The zero-order valence-electron chi connectivity index (χ0n) is 15.2. The van der Waals surface area contributed by atoms with Crippen molar-refractivity contribution in [3.8, 4) is 10.6 Å². The Morgan fingerprint density at radius 3 is 2.62 bits per heavy atom. The van der Waals surface area contributed by atoms with E-state index in [2.05, 4.69) is 22.4 Å². The normalized spacial score (nSPS) is 22.5. The van der Waals surface area contributed by atoms with Gasteiger partial charge in [-0.1, -0.05) is 48.6 Å². The summed E-state index contributed by atoms with van der Waals surface area (Å²) in [6, 6.07) is 10.0. The van der Waals surface area contributed by atoms with Crippen LogP contribution in [0.4, 0.5) is 0 Å². The molecule has 0 bridgehead atoms. The molecule has 2 aromatic rings. The monoisotopic (exact) mass is 391 g/mol. The van der Waals surface area contributed by atoms with Crippen molar-refractivity contribution in [3.05, 3.63) is 35.3 Å². The van der Waals surface area contributed by atoms with Crippen LogP contribution in [0, 0.1) is 5.92 Å². The Morgan fingerprint density at radius 2 is 1.92 bits per heavy atom. The first-order valence-electron chi connectivity index (χ1n) is 9.08. The minimum absolute atomic E-state index is 0.115. The number of amides is 1. The molecule has 0 radical (unpaired) electrons. The van der Waals surface area contributed by atoms with Crippen LogP contribution in [0.3, 0.4) is 0 Å². The third-order valence-electron chi connectivity index (χ3n) is 4.88. The second-order valence-electron chi connectivity index (χ2n) is 7.00. The van der Waals surface area contributed by atoms with Crippen molar-refractivity contribution < 1.29 is 9.00 Å². The first-order chi connectivity index (χ1) is 12.5. The summed E-state index contributed by atoms with van der Waals surface area (Å²) >= 11 is 1.43. The van der Waals surface area contributed by atoms with E-state index in [1.807, 2.05) is 30.3 Å². The van der Waals surface area contributed by atoms with Gasteiger partial charge in [0, 0.05) is 22.4 Å². The molecule has 1 aromatic carbocycles. The van der Waals surface area contributed by atoms with Crippen LogP contribution in [0.15, 0.2) is 30.3 Å². The Labute approximate surface area is 161 Å². The van der Waals surface area contributed by atoms with E-state index in [0.717, 1.165) is 42.2 Å². The molecular weight excluding hydrogens is 366 g/mol. The van der Waals surface area contributed by atoms with Crippen LogP contribution in [-0.4, -0.2) is 31.6 Å². The maximum absolute atomic E-state index is 12.6. The fourth-order valence-electron chi connectivity index (χ4n) is 3.10. The smallest absolute Gasteiger partial charge is 0.235 e. The molecule has 2 atom stereocenters. The molecule has 1 aliphatic carbocycles. The van der Waals surface area contributed by atoms with Crippen molar-refractivity contribution in [1.29, 1.82) is 0 Å². The second-order valence-corrected chi connectivity index (χ2v) is 9.82. The van der Waals surface area contributed by atoms with Gasteiger partial charge < -0.3 is 5.32 Å². The zero-order valence-corrected chi connectivity index (χ0v) is 16.8. The Morgan fingerprint density at radius 1 is 1.23 bits per heavy atom. The molecule has 0 saturated heterocycles. The van der Waals surface area contributed by atoms with Crippen LogP contribution in [0.25, 0.3) is 10.6 Å². The summed E-state index contributed by atoms with van der Waals surface area (Å²) in [4.78, 5) is 12.4. The van der Waals surface area contributed by atoms with Crippen molar-refractivity contribution in [2.24, 2.45) is 5.92 Å². The molecule has 1 aromatic heterocycles. The van der Waals surface area contributed by atoms with E-state index in [9.17, 15) is 9.00 Å². The minimum Gasteiger partial charge on any atom is -0.352 e. The maximum atomic E-state index is 12.6. The molecule has 0 spiro atoms. The molecule has 1 amide bonds. The number of nitrogens with one attached hydrogen (secondary N) is 1. The summed E-state index contributed by atoms with van der Waals surface area (Å²) in [7, 11) is -1.30. The fraction of sp³-hybridized carbons (Fsp3) is 0.526. The van der Waals surface area contributed by atoms with Crippen molar-refractivity contribution in [1.82, 2.24) is 15.5 Å². The van der Waals surface area contributed by atoms with Crippen LogP contribution in [0.5, 0.6) is 0 Å². The molecule has 1 N–H and O–H groups in total. The number of nitrogens with zero attached hydrogens (tertiary/aromatic N) is 2. The van der Waals surface area contributed by atoms with Crippen LogP contribution >= 0.6 is 11.3 Å². The van der Waals surface area contributed by atoms with E-state index >= 15 is 0 Å². The van der Waals surface area contributed by atoms with Crippen LogP contribution in [0.1, 0.15) is 44.5 Å². The lowest BCUT2D eigenvalue weighted by atomic mass is 9.87. The van der Waals surface area contributed by atoms with Crippen molar-refractivity contribution in [2.45, 2.75) is 56.6 Å². The Bertz CT molecular complexity index is 755. The highest BCUT2D eigenvalue weighted by Crippen LogP contribution is 2.25. The first-order valence-corrected chi connectivity index (χ1v) is 11.3. The number of aromatic nitrogens is 2. The second kappa shape index (κ2) is 8.86. The van der Waals surface area contributed by atoms with E-state index in [0.29, 0.717) is 5.01 Å². The molecule has 5 nitrogen and oxygen atoms in total. The van der Waals surface area contributed by atoms with Gasteiger partial charge in [0.25, 0.3) is 0 Å². The molecule has 1 aliphatic rings. The van der Waals surface area contributed by atoms with Gasteiger partial charge >= 0.3 is 0 Å². The van der Waals surface area contributed by atoms with Gasteiger partial charge in [-0.25, -0.2) is 0 Å². The average molecular weight is 392 g/mol. The Kier molecular flexibility index (Phi) is 6.53. The predicted octanol–water partition coefficient (Wildman–Crippen LogP) is 3.54. The Balaban J connectivity index is 1.54. The quantitative estimate of drug-likeness (QED) is 0.817. The van der Waals surface area contributed by atoms with E-state index in [4.69, 9.17) is 0 Å². The number of benzene rings is 1. The standard InChI is InChI=1S/C19H25N3O2S2/c1-13-8-10-16(11-9-13)20-18(23)14(2)26(24)12-17-21-22-19(25-17)15-6-4-3-5-7-15/h3-7,13-14,16H,8-12H2,1-2H3,(H,20,23)/t13?,14-,16?,26-/m1/s1. The third kappa shape index (κ3) is 4.98. The highest BCUT2D eigenvalue weighted by Gasteiger charge is 2.26. The van der Waals surface area contributed by atoms with Crippen molar-refractivity contribution in [3.63, 3.8) is 0 Å². The van der Waals surface area contributed by atoms with E-state index in [1.165, 1.54) is 11.3 Å². The first kappa shape index (κ1) is 19.2. The molecule has 140 valence electrons. The van der Waals surface area contributed by atoms with Crippen LogP contribution in [-0.2, 0) is 21.3 Å². The molecule has 26 heavy (non-hydrogen) atoms. The lowest BCUT2D eigenvalue weighted by Gasteiger charge is -2.27. The Hall–Kier alpha value is -1.60. The number of hydrogen-bond acceptors (Lipinski definition) is 5. The molecule has 3 rings (SSSR count). The number of carbonyl (C=O) groups is 1. The summed E-state index contributed by atoms with van der Waals surface area (Å²) in [5.74, 6) is 0.891. The molecule has 0 unspecified atom stereocenters. The summed E-state index contributed by atoms with van der Waals surface area (Å²) in [5.41, 5.74) is 0.999. The highest BCUT2D eigenvalue weighted by molar-refractivity contribution is 7.85.